The molecule has 1 atom stereocenters. The molecule has 7 nitrogen and oxygen atoms in total. The maximum Gasteiger partial charge on any atom is 0.255 e. The van der Waals surface area contributed by atoms with Crippen molar-refractivity contribution in [2.45, 2.75) is 33.4 Å². The van der Waals surface area contributed by atoms with E-state index in [1.165, 1.54) is 0 Å². The molecule has 1 amide bonds. The van der Waals surface area contributed by atoms with Crippen LogP contribution in [0, 0.1) is 12.8 Å². The molecule has 3 aromatic rings. The van der Waals surface area contributed by atoms with E-state index in [0.29, 0.717) is 12.1 Å². The van der Waals surface area contributed by atoms with Crippen LogP contribution in [0.5, 0.6) is 0 Å². The van der Waals surface area contributed by atoms with Crippen LogP contribution in [0.1, 0.15) is 29.9 Å². The van der Waals surface area contributed by atoms with Gasteiger partial charge in [-0.2, -0.15) is 5.10 Å². The number of hydrogen-bond donors (Lipinski definition) is 1. The van der Waals surface area contributed by atoms with E-state index in [1.807, 2.05) is 42.9 Å². The monoisotopic (exact) mass is 326 g/mol. The van der Waals surface area contributed by atoms with Gasteiger partial charge in [0.1, 0.15) is 5.52 Å². The van der Waals surface area contributed by atoms with E-state index in [1.54, 1.807) is 10.9 Å². The summed E-state index contributed by atoms with van der Waals surface area (Å²) >= 11 is 0. The zero-order valence-corrected chi connectivity index (χ0v) is 14.4. The smallest absolute Gasteiger partial charge is 0.255 e. The third-order valence-corrected chi connectivity index (χ3v) is 4.17. The van der Waals surface area contributed by atoms with Crippen molar-refractivity contribution in [3.63, 3.8) is 0 Å². The van der Waals surface area contributed by atoms with Gasteiger partial charge >= 0.3 is 0 Å². The van der Waals surface area contributed by atoms with Crippen molar-refractivity contribution in [1.82, 2.24) is 30.1 Å². The van der Waals surface area contributed by atoms with Gasteiger partial charge < -0.3 is 5.32 Å². The summed E-state index contributed by atoms with van der Waals surface area (Å²) in [7, 11) is 1.81. The molecule has 0 saturated heterocycles. The first kappa shape index (κ1) is 16.2. The highest BCUT2D eigenvalue weighted by molar-refractivity contribution is 5.95. The molecule has 0 aliphatic carbocycles. The third-order valence-electron chi connectivity index (χ3n) is 4.17. The minimum absolute atomic E-state index is 0.0535. The zero-order valence-electron chi connectivity index (χ0n) is 14.4. The Morgan fingerprint density at radius 3 is 2.71 bits per heavy atom. The predicted molar refractivity (Wildman–Crippen MR) is 91.6 cm³/mol. The highest BCUT2D eigenvalue weighted by Gasteiger charge is 2.21. The Labute approximate surface area is 140 Å². The molecule has 126 valence electrons. The van der Waals surface area contributed by atoms with Gasteiger partial charge in [-0.05, 0) is 25.0 Å². The van der Waals surface area contributed by atoms with E-state index in [0.717, 1.165) is 16.7 Å². The van der Waals surface area contributed by atoms with Crippen LogP contribution in [0.4, 0.5) is 0 Å². The number of aromatic nitrogens is 5. The Kier molecular flexibility index (Phi) is 4.33. The van der Waals surface area contributed by atoms with Crippen LogP contribution in [-0.4, -0.2) is 36.7 Å². The fourth-order valence-corrected chi connectivity index (χ4v) is 2.73. The minimum Gasteiger partial charge on any atom is -0.347 e. The van der Waals surface area contributed by atoms with Crippen LogP contribution < -0.4 is 5.32 Å². The topological polar surface area (TPSA) is 77.6 Å². The highest BCUT2D eigenvalue weighted by Crippen LogP contribution is 2.14. The fraction of sp³-hybridized carbons (Fsp3) is 0.412. The number of para-hydroxylation sites is 1. The molecule has 0 saturated carbocycles. The maximum absolute atomic E-state index is 12.6. The lowest BCUT2D eigenvalue weighted by molar-refractivity contribution is 0.0919. The molecule has 0 aliphatic rings. The average molecular weight is 326 g/mol. The highest BCUT2D eigenvalue weighted by atomic mass is 16.1. The Bertz CT molecular complexity index is 863. The van der Waals surface area contributed by atoms with Crippen molar-refractivity contribution >= 4 is 16.9 Å². The number of fused-ring (bicyclic) bond motifs is 1. The predicted octanol–water partition coefficient (Wildman–Crippen LogP) is 1.93. The van der Waals surface area contributed by atoms with Gasteiger partial charge in [-0.15, -0.1) is 5.10 Å². The molecule has 0 aliphatic heterocycles. The Hall–Kier alpha value is -2.70. The lowest BCUT2D eigenvalue weighted by Crippen LogP contribution is -2.41. The second kappa shape index (κ2) is 6.43. The van der Waals surface area contributed by atoms with Gasteiger partial charge in [0.2, 0.25) is 0 Å². The lowest BCUT2D eigenvalue weighted by Gasteiger charge is -2.22. The molecular formula is C17H22N6O. The molecule has 0 unspecified atom stereocenters. The first-order chi connectivity index (χ1) is 11.5. The molecule has 1 aromatic carbocycles. The van der Waals surface area contributed by atoms with Gasteiger partial charge in [-0.3, -0.25) is 9.48 Å². The summed E-state index contributed by atoms with van der Waals surface area (Å²) in [4.78, 5) is 12.6. The van der Waals surface area contributed by atoms with Crippen molar-refractivity contribution in [3.05, 3.63) is 41.7 Å². The Morgan fingerprint density at radius 1 is 1.29 bits per heavy atom. The molecule has 24 heavy (non-hydrogen) atoms. The summed E-state index contributed by atoms with van der Waals surface area (Å²) in [5.74, 6) is 0.151. The molecule has 0 spiro atoms. The molecule has 0 bridgehead atoms. The van der Waals surface area contributed by atoms with Crippen LogP contribution in [0.25, 0.3) is 11.0 Å². The second-order valence-corrected chi connectivity index (χ2v) is 6.39. The first-order valence-electron chi connectivity index (χ1n) is 8.05. The summed E-state index contributed by atoms with van der Waals surface area (Å²) in [6.07, 6.45) is 1.74. The number of aryl methyl sites for hydroxylation is 2. The molecular weight excluding hydrogens is 304 g/mol. The van der Waals surface area contributed by atoms with Crippen molar-refractivity contribution < 1.29 is 4.79 Å². The molecule has 2 heterocycles. The maximum atomic E-state index is 12.6. The SMILES string of the molecule is Cc1nn(C)cc1C(=O)N[C@H](Cn1nnc2ccccc21)C(C)C. The number of rotatable bonds is 5. The van der Waals surface area contributed by atoms with Gasteiger partial charge in [-0.25, -0.2) is 4.68 Å². The van der Waals surface area contributed by atoms with Gasteiger partial charge in [0.25, 0.3) is 5.91 Å². The van der Waals surface area contributed by atoms with E-state index in [2.05, 4.69) is 34.6 Å². The summed E-state index contributed by atoms with van der Waals surface area (Å²) in [5, 5.41) is 15.7. The number of nitrogens with zero attached hydrogens (tertiary/aromatic N) is 5. The average Bonchev–Trinajstić information content (AvgIpc) is 3.09. The fourth-order valence-electron chi connectivity index (χ4n) is 2.73. The zero-order chi connectivity index (χ0) is 17.3. The number of nitrogens with one attached hydrogen (secondary N) is 1. The van der Waals surface area contributed by atoms with E-state index in [-0.39, 0.29) is 17.9 Å². The molecule has 3 rings (SSSR count). The van der Waals surface area contributed by atoms with Gasteiger partial charge in [0.05, 0.1) is 29.4 Å². The number of hydrogen-bond acceptors (Lipinski definition) is 4. The quantitative estimate of drug-likeness (QED) is 0.777. The van der Waals surface area contributed by atoms with E-state index in [9.17, 15) is 4.79 Å². The second-order valence-electron chi connectivity index (χ2n) is 6.39. The normalized spacial score (nSPS) is 12.7. The van der Waals surface area contributed by atoms with Crippen molar-refractivity contribution in [2.75, 3.05) is 0 Å². The molecule has 1 N–H and O–H groups in total. The number of amides is 1. The van der Waals surface area contributed by atoms with Crippen LogP contribution in [0.2, 0.25) is 0 Å². The molecule has 7 heteroatoms. The van der Waals surface area contributed by atoms with Crippen molar-refractivity contribution in [1.29, 1.82) is 0 Å². The summed E-state index contributed by atoms with van der Waals surface area (Å²) in [6, 6.07) is 7.76. The Morgan fingerprint density at radius 2 is 2.04 bits per heavy atom. The van der Waals surface area contributed by atoms with Gasteiger partial charge in [0.15, 0.2) is 0 Å². The number of carbonyl (C=O) groups excluding carboxylic acids is 1. The van der Waals surface area contributed by atoms with Crippen LogP contribution in [0.3, 0.4) is 0 Å². The molecule has 2 aromatic heterocycles. The third kappa shape index (κ3) is 3.15. The first-order valence-corrected chi connectivity index (χ1v) is 8.05. The van der Waals surface area contributed by atoms with Crippen molar-refractivity contribution in [3.8, 4) is 0 Å². The number of carbonyl (C=O) groups is 1. The van der Waals surface area contributed by atoms with Gasteiger partial charge in [-0.1, -0.05) is 31.2 Å². The van der Waals surface area contributed by atoms with Gasteiger partial charge in [0, 0.05) is 13.2 Å². The lowest BCUT2D eigenvalue weighted by atomic mass is 10.0. The summed E-state index contributed by atoms with van der Waals surface area (Å²) in [6.45, 7) is 6.58. The Balaban J connectivity index is 1.80. The van der Waals surface area contributed by atoms with E-state index in [4.69, 9.17) is 0 Å². The van der Waals surface area contributed by atoms with Crippen LogP contribution >= 0.6 is 0 Å². The molecule has 0 radical (unpaired) electrons. The summed E-state index contributed by atoms with van der Waals surface area (Å²) in [5.41, 5.74) is 3.15. The summed E-state index contributed by atoms with van der Waals surface area (Å²) < 4.78 is 3.50. The standard InChI is InChI=1S/C17H22N6O/c1-11(2)15(18-17(24)13-9-22(4)20-12(13)3)10-23-16-8-6-5-7-14(16)19-21-23/h5-9,11,15H,10H2,1-4H3,(H,18,24)/t15-/m1/s1. The van der Waals surface area contributed by atoms with E-state index >= 15 is 0 Å². The number of benzene rings is 1. The van der Waals surface area contributed by atoms with Crippen LogP contribution in [0.15, 0.2) is 30.5 Å². The molecule has 0 fully saturated rings. The minimum atomic E-state index is -0.108. The largest absolute Gasteiger partial charge is 0.347 e. The van der Waals surface area contributed by atoms with Crippen LogP contribution in [-0.2, 0) is 13.6 Å². The van der Waals surface area contributed by atoms with E-state index < -0.39 is 0 Å². The van der Waals surface area contributed by atoms with Crippen molar-refractivity contribution in [2.24, 2.45) is 13.0 Å².